The minimum atomic E-state index is -0.653. The molecular weight excluding hydrogens is 276 g/mol. The molecule has 0 unspecified atom stereocenters. The molecule has 0 aliphatic rings. The van der Waals surface area contributed by atoms with Crippen LogP contribution >= 0.6 is 0 Å². The van der Waals surface area contributed by atoms with Gasteiger partial charge in [-0.2, -0.15) is 0 Å². The number of carbonyl (C=O) groups excluding carboxylic acids is 1. The van der Waals surface area contributed by atoms with Gasteiger partial charge in [-0.15, -0.1) is 0 Å². The summed E-state index contributed by atoms with van der Waals surface area (Å²) in [5, 5.41) is 22.8. The van der Waals surface area contributed by atoms with Gasteiger partial charge in [-0.05, 0) is 18.6 Å². The van der Waals surface area contributed by atoms with Crippen molar-refractivity contribution in [3.63, 3.8) is 0 Å². The maximum absolute atomic E-state index is 11.9. The number of hydrogen-bond donors (Lipinski definition) is 2. The minimum Gasteiger partial charge on any atom is -0.508 e. The van der Waals surface area contributed by atoms with Gasteiger partial charge in [0.05, 0.1) is 11.3 Å². The molecule has 2 N–H and O–H groups in total. The number of imidazole rings is 1. The van der Waals surface area contributed by atoms with Crippen molar-refractivity contribution in [1.82, 2.24) is 14.9 Å². The monoisotopic (exact) mass is 290 g/mol. The molecule has 1 amide bonds. The molecule has 110 valence electrons. The van der Waals surface area contributed by atoms with E-state index in [1.54, 1.807) is 12.5 Å². The van der Waals surface area contributed by atoms with Crippen molar-refractivity contribution in [2.45, 2.75) is 13.0 Å². The highest BCUT2D eigenvalue weighted by molar-refractivity contribution is 5.98. The maximum atomic E-state index is 11.9. The van der Waals surface area contributed by atoms with Crippen LogP contribution in [0.4, 0.5) is 5.69 Å². The number of phenolic OH excluding ortho intramolecular Hbond substituents is 1. The van der Waals surface area contributed by atoms with E-state index >= 15 is 0 Å². The van der Waals surface area contributed by atoms with Gasteiger partial charge in [0.1, 0.15) is 11.3 Å². The van der Waals surface area contributed by atoms with Crippen LogP contribution in [0.25, 0.3) is 0 Å². The molecule has 8 heteroatoms. The number of amides is 1. The highest BCUT2D eigenvalue weighted by Crippen LogP contribution is 2.23. The summed E-state index contributed by atoms with van der Waals surface area (Å²) in [4.78, 5) is 26.0. The van der Waals surface area contributed by atoms with Gasteiger partial charge in [0.15, 0.2) is 0 Å². The second-order valence-electron chi connectivity index (χ2n) is 4.37. The Balaban J connectivity index is 1.93. The Morgan fingerprint density at radius 2 is 2.29 bits per heavy atom. The van der Waals surface area contributed by atoms with Crippen LogP contribution < -0.4 is 5.32 Å². The van der Waals surface area contributed by atoms with Crippen molar-refractivity contribution in [2.24, 2.45) is 0 Å². The van der Waals surface area contributed by atoms with Gasteiger partial charge in [-0.25, -0.2) is 4.98 Å². The van der Waals surface area contributed by atoms with Crippen LogP contribution in [-0.4, -0.2) is 32.0 Å². The lowest BCUT2D eigenvalue weighted by atomic mass is 10.1. The molecule has 0 saturated heterocycles. The van der Waals surface area contributed by atoms with Crippen LogP contribution in [0.3, 0.4) is 0 Å². The number of carbonyl (C=O) groups is 1. The number of aromatic nitrogens is 2. The Hall–Kier alpha value is -2.90. The summed E-state index contributed by atoms with van der Waals surface area (Å²) >= 11 is 0. The molecule has 0 fully saturated rings. The van der Waals surface area contributed by atoms with Gasteiger partial charge in [0.2, 0.25) is 0 Å². The van der Waals surface area contributed by atoms with E-state index in [1.165, 1.54) is 6.07 Å². The largest absolute Gasteiger partial charge is 0.508 e. The summed E-state index contributed by atoms with van der Waals surface area (Å²) in [5.74, 6) is -0.771. The van der Waals surface area contributed by atoms with E-state index < -0.39 is 10.8 Å². The zero-order chi connectivity index (χ0) is 15.2. The second-order valence-corrected chi connectivity index (χ2v) is 4.37. The third-order valence-electron chi connectivity index (χ3n) is 2.86. The Kier molecular flexibility index (Phi) is 4.50. The first-order chi connectivity index (χ1) is 10.1. The number of aromatic hydroxyl groups is 1. The molecule has 0 saturated carbocycles. The standard InChI is InChI=1S/C13H14N4O4/c18-10-2-3-12(17(20)21)11(8-10)13(19)15-4-1-6-16-7-5-14-9-16/h2-3,5,7-9,18H,1,4,6H2,(H,15,19). The van der Waals surface area contributed by atoms with E-state index in [0.29, 0.717) is 19.5 Å². The van der Waals surface area contributed by atoms with Gasteiger partial charge in [0.25, 0.3) is 11.6 Å². The predicted molar refractivity (Wildman–Crippen MR) is 73.9 cm³/mol. The number of nitrogens with zero attached hydrogens (tertiary/aromatic N) is 3. The third-order valence-corrected chi connectivity index (χ3v) is 2.86. The number of aryl methyl sites for hydroxylation is 1. The summed E-state index contributed by atoms with van der Waals surface area (Å²) in [5.41, 5.74) is -0.484. The third kappa shape index (κ3) is 3.78. The molecule has 1 aromatic heterocycles. The van der Waals surface area contributed by atoms with E-state index in [-0.39, 0.29) is 17.0 Å². The van der Waals surface area contributed by atoms with Crippen LogP contribution in [0.2, 0.25) is 0 Å². The zero-order valence-corrected chi connectivity index (χ0v) is 11.1. The minimum absolute atomic E-state index is 0.150. The van der Waals surface area contributed by atoms with Gasteiger partial charge in [-0.3, -0.25) is 14.9 Å². The van der Waals surface area contributed by atoms with Crippen molar-refractivity contribution in [3.8, 4) is 5.75 Å². The van der Waals surface area contributed by atoms with E-state index in [2.05, 4.69) is 10.3 Å². The Morgan fingerprint density at radius 3 is 2.95 bits per heavy atom. The fourth-order valence-corrected chi connectivity index (χ4v) is 1.84. The molecule has 1 aromatic carbocycles. The van der Waals surface area contributed by atoms with Crippen molar-refractivity contribution in [1.29, 1.82) is 0 Å². The molecule has 8 nitrogen and oxygen atoms in total. The first-order valence-electron chi connectivity index (χ1n) is 6.29. The Bertz CT molecular complexity index is 640. The number of nitro benzene ring substituents is 1. The molecule has 0 aliphatic heterocycles. The summed E-state index contributed by atoms with van der Waals surface area (Å²) in [6.07, 6.45) is 5.80. The van der Waals surface area contributed by atoms with Crippen molar-refractivity contribution in [3.05, 3.63) is 52.6 Å². The number of hydrogen-bond acceptors (Lipinski definition) is 5. The fourth-order valence-electron chi connectivity index (χ4n) is 1.84. The fraction of sp³-hybridized carbons (Fsp3) is 0.231. The Morgan fingerprint density at radius 1 is 1.48 bits per heavy atom. The van der Waals surface area contributed by atoms with Gasteiger partial charge >= 0.3 is 0 Å². The van der Waals surface area contributed by atoms with Crippen molar-refractivity contribution >= 4 is 11.6 Å². The molecule has 2 aromatic rings. The van der Waals surface area contributed by atoms with Crippen LogP contribution in [0.5, 0.6) is 5.75 Å². The van der Waals surface area contributed by atoms with Crippen LogP contribution in [-0.2, 0) is 6.54 Å². The summed E-state index contributed by atoms with van der Waals surface area (Å²) in [6, 6.07) is 3.37. The molecule has 0 bridgehead atoms. The number of nitro groups is 1. The van der Waals surface area contributed by atoms with Crippen LogP contribution in [0.1, 0.15) is 16.8 Å². The zero-order valence-electron chi connectivity index (χ0n) is 11.1. The van der Waals surface area contributed by atoms with Crippen molar-refractivity contribution in [2.75, 3.05) is 6.54 Å². The molecule has 2 rings (SSSR count). The van der Waals surface area contributed by atoms with Gasteiger partial charge < -0.3 is 15.0 Å². The lowest BCUT2D eigenvalue weighted by Gasteiger charge is -2.06. The van der Waals surface area contributed by atoms with Gasteiger partial charge in [-0.1, -0.05) is 0 Å². The molecule has 0 radical (unpaired) electrons. The predicted octanol–water partition coefficient (Wildman–Crippen LogP) is 1.32. The van der Waals surface area contributed by atoms with E-state index in [0.717, 1.165) is 12.1 Å². The summed E-state index contributed by atoms with van der Waals surface area (Å²) in [7, 11) is 0. The molecule has 0 atom stereocenters. The average molecular weight is 290 g/mol. The quantitative estimate of drug-likeness (QED) is 0.473. The number of rotatable bonds is 6. The first kappa shape index (κ1) is 14.5. The van der Waals surface area contributed by atoms with Crippen LogP contribution in [0, 0.1) is 10.1 Å². The molecule has 0 spiro atoms. The number of benzene rings is 1. The summed E-state index contributed by atoms with van der Waals surface area (Å²) in [6.45, 7) is 1.05. The van der Waals surface area contributed by atoms with E-state index in [4.69, 9.17) is 0 Å². The lowest BCUT2D eigenvalue weighted by molar-refractivity contribution is -0.385. The first-order valence-corrected chi connectivity index (χ1v) is 6.29. The van der Waals surface area contributed by atoms with E-state index in [1.807, 2.05) is 10.8 Å². The average Bonchev–Trinajstić information content (AvgIpc) is 2.96. The summed E-state index contributed by atoms with van der Waals surface area (Å²) < 4.78 is 1.86. The molecule has 21 heavy (non-hydrogen) atoms. The number of phenols is 1. The van der Waals surface area contributed by atoms with Crippen molar-refractivity contribution < 1.29 is 14.8 Å². The lowest BCUT2D eigenvalue weighted by Crippen LogP contribution is -2.25. The smallest absolute Gasteiger partial charge is 0.282 e. The highest BCUT2D eigenvalue weighted by atomic mass is 16.6. The highest BCUT2D eigenvalue weighted by Gasteiger charge is 2.20. The molecular formula is C13H14N4O4. The Labute approximate surface area is 120 Å². The molecule has 1 heterocycles. The van der Waals surface area contributed by atoms with Gasteiger partial charge in [0, 0.05) is 31.5 Å². The van der Waals surface area contributed by atoms with Crippen LogP contribution in [0.15, 0.2) is 36.9 Å². The maximum Gasteiger partial charge on any atom is 0.282 e. The number of nitrogens with one attached hydrogen (secondary N) is 1. The second kappa shape index (κ2) is 6.51. The SMILES string of the molecule is O=C(NCCCn1ccnc1)c1cc(O)ccc1[N+](=O)[O-]. The topological polar surface area (TPSA) is 110 Å². The van der Waals surface area contributed by atoms with E-state index in [9.17, 15) is 20.0 Å². The normalized spacial score (nSPS) is 10.3. The molecule has 0 aliphatic carbocycles.